The highest BCUT2D eigenvalue weighted by molar-refractivity contribution is 5.55. The lowest BCUT2D eigenvalue weighted by molar-refractivity contribution is -0.137. The van der Waals surface area contributed by atoms with Crippen LogP contribution in [0.3, 0.4) is 0 Å². The summed E-state index contributed by atoms with van der Waals surface area (Å²) in [5.41, 5.74) is -0.828. The minimum atomic E-state index is -4.53. The predicted molar refractivity (Wildman–Crippen MR) is 68.1 cm³/mol. The van der Waals surface area contributed by atoms with Crippen LogP contribution in [0.25, 0.3) is 0 Å². The van der Waals surface area contributed by atoms with Crippen LogP contribution in [0.1, 0.15) is 31.4 Å². The third-order valence-corrected chi connectivity index (χ3v) is 3.44. The molecule has 0 bridgehead atoms. The van der Waals surface area contributed by atoms with Crippen LogP contribution in [0.2, 0.25) is 0 Å². The van der Waals surface area contributed by atoms with Gasteiger partial charge in [0.25, 0.3) is 0 Å². The lowest BCUT2D eigenvalue weighted by Crippen LogP contribution is -2.28. The first kappa shape index (κ1) is 14.7. The van der Waals surface area contributed by atoms with E-state index in [1.165, 1.54) is 12.1 Å². The predicted octanol–water partition coefficient (Wildman–Crippen LogP) is 3.54. The Balaban J connectivity index is 2.38. The van der Waals surface area contributed by atoms with E-state index in [0.717, 1.165) is 12.5 Å². The van der Waals surface area contributed by atoms with Gasteiger partial charge in [-0.25, -0.2) is 0 Å². The smallest absolute Gasteiger partial charge is 0.354 e. The van der Waals surface area contributed by atoms with Crippen LogP contribution >= 0.6 is 0 Å². The van der Waals surface area contributed by atoms with Gasteiger partial charge in [-0.15, -0.1) is 0 Å². The summed E-state index contributed by atoms with van der Waals surface area (Å²) in [6, 6.07) is 5.35. The number of halogens is 3. The van der Waals surface area contributed by atoms with Crippen LogP contribution in [0, 0.1) is 11.3 Å². The highest BCUT2D eigenvalue weighted by Gasteiger charge is 2.35. The molecule has 2 rings (SSSR count). The van der Waals surface area contributed by atoms with Crippen molar-refractivity contribution in [2.45, 2.75) is 38.8 Å². The third-order valence-electron chi connectivity index (χ3n) is 3.44. The molecule has 0 saturated carbocycles. The lowest BCUT2D eigenvalue weighted by Gasteiger charge is -2.23. The first-order valence-electron chi connectivity index (χ1n) is 6.40. The van der Waals surface area contributed by atoms with Crippen LogP contribution in [-0.2, 0) is 10.9 Å². The summed E-state index contributed by atoms with van der Waals surface area (Å²) in [5, 5.41) is 8.78. The highest BCUT2D eigenvalue weighted by atomic mass is 19.4. The second-order valence-corrected chi connectivity index (χ2v) is 4.76. The number of rotatable bonds is 2. The fourth-order valence-corrected chi connectivity index (χ4v) is 2.35. The molecule has 1 aromatic rings. The zero-order valence-corrected chi connectivity index (χ0v) is 11.2. The largest absolute Gasteiger partial charge is 0.417 e. The number of ether oxygens (including phenoxy) is 1. The maximum Gasteiger partial charge on any atom is 0.417 e. The molecule has 20 heavy (non-hydrogen) atoms. The Bertz CT molecular complexity index is 536. The first-order chi connectivity index (χ1) is 9.36. The van der Waals surface area contributed by atoms with E-state index in [0.29, 0.717) is 12.2 Å². The molecule has 1 aromatic carbocycles. The Morgan fingerprint density at radius 2 is 2.15 bits per heavy atom. The molecule has 0 N–H and O–H groups in total. The van der Waals surface area contributed by atoms with Gasteiger partial charge in [-0.1, -0.05) is 6.92 Å². The summed E-state index contributed by atoms with van der Waals surface area (Å²) in [6.07, 6.45) is -3.97. The average molecular weight is 284 g/mol. The maximum absolute atomic E-state index is 12.9. The molecule has 6 heteroatoms. The van der Waals surface area contributed by atoms with Crippen LogP contribution in [0.15, 0.2) is 18.2 Å². The van der Waals surface area contributed by atoms with Crippen molar-refractivity contribution in [3.8, 4) is 6.07 Å². The average Bonchev–Trinajstić information content (AvgIpc) is 2.78. The Hall–Kier alpha value is -1.74. The molecule has 108 valence electrons. The first-order valence-corrected chi connectivity index (χ1v) is 6.40. The van der Waals surface area contributed by atoms with E-state index >= 15 is 0 Å². The number of nitrogens with zero attached hydrogens (tertiary/aromatic N) is 2. The zero-order chi connectivity index (χ0) is 14.9. The van der Waals surface area contributed by atoms with E-state index in [9.17, 15) is 13.2 Å². The molecule has 3 nitrogen and oxygen atoms in total. The van der Waals surface area contributed by atoms with Gasteiger partial charge in [0.1, 0.15) is 6.23 Å². The van der Waals surface area contributed by atoms with E-state index in [-0.39, 0.29) is 17.9 Å². The monoisotopic (exact) mass is 284 g/mol. The van der Waals surface area contributed by atoms with Gasteiger partial charge in [0.15, 0.2) is 0 Å². The Kier molecular flexibility index (Phi) is 3.91. The highest BCUT2D eigenvalue weighted by Crippen LogP contribution is 2.36. The molecule has 0 aliphatic carbocycles. The van der Waals surface area contributed by atoms with Gasteiger partial charge in [-0.3, -0.25) is 0 Å². The molecule has 1 aliphatic heterocycles. The number of hydrogen-bond donors (Lipinski definition) is 0. The Morgan fingerprint density at radius 1 is 1.45 bits per heavy atom. The normalized spacial score (nSPS) is 22.9. The van der Waals surface area contributed by atoms with E-state index < -0.39 is 11.7 Å². The second-order valence-electron chi connectivity index (χ2n) is 4.76. The fraction of sp³-hybridized carbons (Fsp3) is 0.500. The minimum Gasteiger partial charge on any atom is -0.354 e. The molecule has 0 radical (unpaired) electrons. The molecule has 1 aliphatic rings. The summed E-state index contributed by atoms with van der Waals surface area (Å²) in [5.74, 6) is 0. The van der Waals surface area contributed by atoms with E-state index in [2.05, 4.69) is 0 Å². The minimum absolute atomic E-state index is 0.0231. The number of hydrogen-bond acceptors (Lipinski definition) is 3. The van der Waals surface area contributed by atoms with Crippen LogP contribution in [-0.4, -0.2) is 18.9 Å². The summed E-state index contributed by atoms with van der Waals surface area (Å²) in [6.45, 7) is 4.34. The van der Waals surface area contributed by atoms with Gasteiger partial charge in [0.05, 0.1) is 23.3 Å². The SMILES string of the molecule is CC[C@@H]1CN(c2ccc(C#N)c(C(F)(F)F)c2)[C@@H](C)O1. The second kappa shape index (κ2) is 5.33. The summed E-state index contributed by atoms with van der Waals surface area (Å²) in [4.78, 5) is 1.78. The Morgan fingerprint density at radius 3 is 2.65 bits per heavy atom. The van der Waals surface area contributed by atoms with Crippen molar-refractivity contribution < 1.29 is 17.9 Å². The third kappa shape index (κ3) is 2.73. The molecule has 0 aromatic heterocycles. The van der Waals surface area contributed by atoms with Crippen LogP contribution < -0.4 is 4.90 Å². The van der Waals surface area contributed by atoms with Crippen molar-refractivity contribution in [3.63, 3.8) is 0 Å². The molecule has 1 fully saturated rings. The van der Waals surface area contributed by atoms with Crippen molar-refractivity contribution in [2.24, 2.45) is 0 Å². The van der Waals surface area contributed by atoms with Gasteiger partial charge < -0.3 is 9.64 Å². The molecule has 1 heterocycles. The lowest BCUT2D eigenvalue weighted by atomic mass is 10.1. The van der Waals surface area contributed by atoms with Crippen LogP contribution in [0.5, 0.6) is 0 Å². The molecule has 2 atom stereocenters. The summed E-state index contributed by atoms with van der Waals surface area (Å²) < 4.78 is 44.5. The maximum atomic E-state index is 12.9. The summed E-state index contributed by atoms with van der Waals surface area (Å²) in [7, 11) is 0. The standard InChI is InChI=1S/C14H15F3N2O/c1-3-12-8-19(9(2)20-12)11-5-4-10(7-18)13(6-11)14(15,16)17/h4-6,9,12H,3,8H2,1-2H3/t9-,12-/m1/s1. The topological polar surface area (TPSA) is 36.3 Å². The number of anilines is 1. The Labute approximate surface area is 115 Å². The van der Waals surface area contributed by atoms with Gasteiger partial charge in [0.2, 0.25) is 0 Å². The van der Waals surface area contributed by atoms with Crippen molar-refractivity contribution >= 4 is 5.69 Å². The van der Waals surface area contributed by atoms with E-state index in [1.54, 1.807) is 17.9 Å². The van der Waals surface area contributed by atoms with Crippen molar-refractivity contribution in [1.29, 1.82) is 5.26 Å². The summed E-state index contributed by atoms with van der Waals surface area (Å²) >= 11 is 0. The number of alkyl halides is 3. The van der Waals surface area contributed by atoms with Crippen LogP contribution in [0.4, 0.5) is 18.9 Å². The van der Waals surface area contributed by atoms with Gasteiger partial charge >= 0.3 is 6.18 Å². The molecule has 0 unspecified atom stereocenters. The van der Waals surface area contributed by atoms with E-state index in [1.807, 2.05) is 6.92 Å². The van der Waals surface area contributed by atoms with Gasteiger partial charge in [-0.05, 0) is 31.5 Å². The zero-order valence-electron chi connectivity index (χ0n) is 11.2. The van der Waals surface area contributed by atoms with Crippen molar-refractivity contribution in [3.05, 3.63) is 29.3 Å². The fourth-order valence-electron chi connectivity index (χ4n) is 2.35. The van der Waals surface area contributed by atoms with Gasteiger partial charge in [-0.2, -0.15) is 18.4 Å². The molecular formula is C14H15F3N2O. The molecule has 0 amide bonds. The van der Waals surface area contributed by atoms with Gasteiger partial charge in [0, 0.05) is 12.2 Å². The quantitative estimate of drug-likeness (QED) is 0.833. The number of nitriles is 1. The molecule has 0 spiro atoms. The van der Waals surface area contributed by atoms with Crippen molar-refractivity contribution in [2.75, 3.05) is 11.4 Å². The molecule has 1 saturated heterocycles. The molecular weight excluding hydrogens is 269 g/mol. The van der Waals surface area contributed by atoms with Crippen molar-refractivity contribution in [1.82, 2.24) is 0 Å². The van der Waals surface area contributed by atoms with E-state index in [4.69, 9.17) is 10.00 Å². The number of benzene rings is 1.